The molecular formula is C4H7Cl2F3N2Pt. The largest absolute Gasteiger partial charge is 0.397 e. The molecule has 2 nitrogen and oxygen atoms in total. The van der Waals surface area contributed by atoms with Crippen molar-refractivity contribution in [1.82, 2.24) is 0 Å². The number of alkyl halides is 5. The Balaban J connectivity index is 0. The monoisotopic (exact) mass is 405 g/mol. The van der Waals surface area contributed by atoms with E-state index in [2.05, 4.69) is 0 Å². The van der Waals surface area contributed by atoms with Crippen molar-refractivity contribution in [2.75, 3.05) is 6.54 Å². The number of rotatable bonds is 2. The van der Waals surface area contributed by atoms with Crippen LogP contribution in [0.15, 0.2) is 0 Å². The van der Waals surface area contributed by atoms with E-state index in [4.69, 9.17) is 34.7 Å². The molecule has 1 unspecified atom stereocenters. The molecule has 0 amide bonds. The fourth-order valence-corrected chi connectivity index (χ4v) is 0.935. The summed E-state index contributed by atoms with van der Waals surface area (Å²) in [5.41, 5.74) is 9.58. The summed E-state index contributed by atoms with van der Waals surface area (Å²) in [6.07, 6.45) is -4.56. The Labute approximate surface area is 92.0 Å². The first-order valence-corrected chi connectivity index (χ1v) is 3.38. The summed E-state index contributed by atoms with van der Waals surface area (Å²) in [7, 11) is 0. The first-order valence-electron chi connectivity index (χ1n) is 2.63. The van der Waals surface area contributed by atoms with E-state index >= 15 is 0 Å². The summed E-state index contributed by atoms with van der Waals surface area (Å²) in [6.45, 7) is -0.729. The maximum atomic E-state index is 11.9. The molecule has 1 atom stereocenters. The predicted molar refractivity (Wildman–Crippen MR) is 37.2 cm³/mol. The molecule has 78 valence electrons. The number of hydrogen-bond acceptors (Lipinski definition) is 2. The number of halogens is 5. The van der Waals surface area contributed by atoms with Gasteiger partial charge in [0.2, 0.25) is 0 Å². The van der Waals surface area contributed by atoms with Crippen molar-refractivity contribution in [3.05, 3.63) is 0 Å². The molecule has 0 spiro atoms. The summed E-state index contributed by atoms with van der Waals surface area (Å²) >= 11 is 10.1. The molecule has 0 saturated carbocycles. The molecule has 12 heavy (non-hydrogen) atoms. The molecule has 4 N–H and O–H groups in total. The third-order valence-corrected chi connectivity index (χ3v) is 1.62. The van der Waals surface area contributed by atoms with Crippen molar-refractivity contribution in [3.8, 4) is 0 Å². The van der Waals surface area contributed by atoms with E-state index in [0.29, 0.717) is 0 Å². The second-order valence-corrected chi connectivity index (χ2v) is 3.45. The van der Waals surface area contributed by atoms with E-state index in [9.17, 15) is 13.2 Å². The molecule has 0 radical (unpaired) electrons. The summed E-state index contributed by atoms with van der Waals surface area (Å²) in [6, 6.07) is 0. The Morgan fingerprint density at radius 1 is 1.25 bits per heavy atom. The van der Waals surface area contributed by atoms with Gasteiger partial charge in [0.05, 0.1) is 0 Å². The van der Waals surface area contributed by atoms with Crippen molar-refractivity contribution >= 4 is 23.2 Å². The molecule has 0 aromatic carbocycles. The van der Waals surface area contributed by atoms with Crippen molar-refractivity contribution < 1.29 is 34.2 Å². The normalized spacial score (nSPS) is 15.2. The van der Waals surface area contributed by atoms with E-state index < -0.39 is 23.1 Å². The molecule has 8 heteroatoms. The van der Waals surface area contributed by atoms with Crippen LogP contribution in [0.1, 0.15) is 0 Å². The van der Waals surface area contributed by atoms with E-state index in [-0.39, 0.29) is 21.1 Å². The van der Waals surface area contributed by atoms with Gasteiger partial charge in [-0.25, -0.2) is 0 Å². The van der Waals surface area contributed by atoms with E-state index in [1.807, 2.05) is 0 Å². The van der Waals surface area contributed by atoms with Crippen LogP contribution in [0.5, 0.6) is 0 Å². The van der Waals surface area contributed by atoms with Gasteiger partial charge in [0.25, 0.3) is 0 Å². The van der Waals surface area contributed by atoms with Gasteiger partial charge in [0.15, 0.2) is 4.46 Å². The SMILES string of the molecule is NCC(C(F)(F)F)C(N)(Cl)Cl.[Pt]. The molecule has 0 aliphatic rings. The van der Waals surface area contributed by atoms with Gasteiger partial charge in [-0.3, -0.25) is 5.73 Å². The quantitative estimate of drug-likeness (QED) is 0.536. The van der Waals surface area contributed by atoms with Crippen LogP contribution in [0, 0.1) is 5.92 Å². The Kier molecular flexibility index (Phi) is 6.45. The van der Waals surface area contributed by atoms with Crippen LogP contribution in [0.25, 0.3) is 0 Å². The maximum absolute atomic E-state index is 11.9. The van der Waals surface area contributed by atoms with Gasteiger partial charge in [-0.05, 0) is 0 Å². The molecule has 0 heterocycles. The first kappa shape index (κ1) is 15.5. The second-order valence-electron chi connectivity index (χ2n) is 2.00. The number of nitrogens with two attached hydrogens (primary N) is 2. The second kappa shape index (κ2) is 5.01. The van der Waals surface area contributed by atoms with Crippen molar-refractivity contribution in [1.29, 1.82) is 0 Å². The van der Waals surface area contributed by atoms with Crippen LogP contribution in [0.4, 0.5) is 13.2 Å². The van der Waals surface area contributed by atoms with Gasteiger partial charge in [-0.2, -0.15) is 13.2 Å². The average Bonchev–Trinajstić information content (AvgIpc) is 1.56. The standard InChI is InChI=1S/C4H7Cl2F3N2.Pt/c5-3(6,11)2(1-10)4(7,8)9;/h2H,1,10-11H2;. The van der Waals surface area contributed by atoms with Gasteiger partial charge in [0, 0.05) is 27.6 Å². The smallest absolute Gasteiger partial charge is 0.330 e. The van der Waals surface area contributed by atoms with Gasteiger partial charge >= 0.3 is 6.18 Å². The number of hydrogen-bond donors (Lipinski definition) is 2. The topological polar surface area (TPSA) is 52.0 Å². The zero-order valence-electron chi connectivity index (χ0n) is 5.65. The maximum Gasteiger partial charge on any atom is 0.397 e. The van der Waals surface area contributed by atoms with Crippen molar-refractivity contribution in [2.45, 2.75) is 10.6 Å². The van der Waals surface area contributed by atoms with E-state index in [0.717, 1.165) is 0 Å². The van der Waals surface area contributed by atoms with Crippen molar-refractivity contribution in [3.63, 3.8) is 0 Å². The van der Waals surface area contributed by atoms with E-state index in [1.54, 1.807) is 0 Å². The molecule has 0 aromatic rings. The summed E-state index contributed by atoms with van der Waals surface area (Å²) in [5, 5.41) is 0. The molecule has 0 rings (SSSR count). The Morgan fingerprint density at radius 3 is 1.58 bits per heavy atom. The Morgan fingerprint density at radius 2 is 1.58 bits per heavy atom. The van der Waals surface area contributed by atoms with Crippen LogP contribution >= 0.6 is 23.2 Å². The Hall–Kier alpha value is 0.978. The fourth-order valence-electron chi connectivity index (χ4n) is 0.509. The molecule has 0 aliphatic heterocycles. The molecule has 0 bridgehead atoms. The fraction of sp³-hybridized carbons (Fsp3) is 1.00. The minimum Gasteiger partial charge on any atom is -0.330 e. The summed E-state index contributed by atoms with van der Waals surface area (Å²) in [5.74, 6) is -2.10. The molecule has 0 saturated heterocycles. The van der Waals surface area contributed by atoms with Gasteiger partial charge in [-0.1, -0.05) is 23.2 Å². The molecule has 0 fully saturated rings. The van der Waals surface area contributed by atoms with Crippen LogP contribution in [-0.4, -0.2) is 17.2 Å². The zero-order valence-corrected chi connectivity index (χ0v) is 9.43. The summed E-state index contributed by atoms with van der Waals surface area (Å²) < 4.78 is 33.3. The third kappa shape index (κ3) is 4.87. The van der Waals surface area contributed by atoms with E-state index in [1.165, 1.54) is 0 Å². The summed E-state index contributed by atoms with van der Waals surface area (Å²) in [4.78, 5) is 0. The minimum absolute atomic E-state index is 0. The van der Waals surface area contributed by atoms with Crippen LogP contribution in [-0.2, 0) is 21.1 Å². The zero-order chi connectivity index (χ0) is 9.28. The van der Waals surface area contributed by atoms with Crippen molar-refractivity contribution in [2.24, 2.45) is 17.4 Å². The van der Waals surface area contributed by atoms with Crippen LogP contribution < -0.4 is 11.5 Å². The van der Waals surface area contributed by atoms with Gasteiger partial charge in [0.1, 0.15) is 5.92 Å². The molecular weight excluding hydrogens is 399 g/mol. The average molecular weight is 406 g/mol. The molecule has 0 aliphatic carbocycles. The molecule has 0 aromatic heterocycles. The predicted octanol–water partition coefficient (Wildman–Crippen LogP) is 1.21. The van der Waals surface area contributed by atoms with Crippen LogP contribution in [0.3, 0.4) is 0 Å². The van der Waals surface area contributed by atoms with Gasteiger partial charge in [-0.15, -0.1) is 0 Å². The van der Waals surface area contributed by atoms with Crippen LogP contribution in [0.2, 0.25) is 0 Å². The minimum atomic E-state index is -4.56. The van der Waals surface area contributed by atoms with Gasteiger partial charge < -0.3 is 5.73 Å². The first-order chi connectivity index (χ1) is 4.69. The Bertz CT molecular complexity index is 121. The third-order valence-electron chi connectivity index (χ3n) is 1.10.